The first-order valence-corrected chi connectivity index (χ1v) is 9.10. The zero-order valence-electron chi connectivity index (χ0n) is 14.4. The lowest BCUT2D eigenvalue weighted by atomic mass is 9.67. The summed E-state index contributed by atoms with van der Waals surface area (Å²) in [6.07, 6.45) is 0.385. The van der Waals surface area contributed by atoms with E-state index >= 15 is 0 Å². The van der Waals surface area contributed by atoms with Crippen LogP contribution in [0.4, 0.5) is 0 Å². The summed E-state index contributed by atoms with van der Waals surface area (Å²) in [5.41, 5.74) is -2.10. The maximum Gasteiger partial charge on any atom is 0.328 e. The van der Waals surface area contributed by atoms with Crippen molar-refractivity contribution in [3.8, 4) is 0 Å². The van der Waals surface area contributed by atoms with E-state index < -0.39 is 32.2 Å². The van der Waals surface area contributed by atoms with Gasteiger partial charge in [-0.3, -0.25) is 14.1 Å². The summed E-state index contributed by atoms with van der Waals surface area (Å²) < 4.78 is 30.4. The Bertz CT molecular complexity index is 524. The van der Waals surface area contributed by atoms with Crippen LogP contribution in [0, 0.1) is 17.3 Å². The number of rotatable bonds is 10. The van der Waals surface area contributed by atoms with Crippen LogP contribution in [0.3, 0.4) is 0 Å². The van der Waals surface area contributed by atoms with Crippen molar-refractivity contribution >= 4 is 22.1 Å². The fraction of sp³-hybridized carbons (Fsp3) is 0.867. The van der Waals surface area contributed by atoms with Crippen molar-refractivity contribution in [2.75, 3.05) is 0 Å². The van der Waals surface area contributed by atoms with Crippen molar-refractivity contribution in [2.24, 2.45) is 17.3 Å². The van der Waals surface area contributed by atoms with Crippen molar-refractivity contribution in [3.05, 3.63) is 0 Å². The molecule has 0 rings (SSSR count). The minimum absolute atomic E-state index is 0.0622. The molecule has 8 heteroatoms. The molecule has 0 aromatic carbocycles. The highest BCUT2D eigenvalue weighted by Gasteiger charge is 2.65. The molecule has 0 spiro atoms. The van der Waals surface area contributed by atoms with Gasteiger partial charge in [0, 0.05) is 0 Å². The molecule has 7 nitrogen and oxygen atoms in total. The SMILES string of the molecule is CC(C)CCC(CCC(C)C)(C(=O)O)C(C)(C(=O)O)S(=O)(=O)O. The molecule has 136 valence electrons. The number of hydrogen-bond acceptors (Lipinski definition) is 4. The molecule has 0 aliphatic carbocycles. The van der Waals surface area contributed by atoms with Crippen LogP contribution in [-0.4, -0.2) is 39.9 Å². The van der Waals surface area contributed by atoms with E-state index in [9.17, 15) is 32.8 Å². The molecule has 23 heavy (non-hydrogen) atoms. The lowest BCUT2D eigenvalue weighted by molar-refractivity contribution is -0.161. The number of carboxylic acids is 2. The number of aliphatic carboxylic acids is 2. The highest BCUT2D eigenvalue weighted by atomic mass is 32.2. The van der Waals surface area contributed by atoms with Crippen LogP contribution in [-0.2, 0) is 19.7 Å². The smallest absolute Gasteiger partial charge is 0.328 e. The number of carbonyl (C=O) groups is 2. The van der Waals surface area contributed by atoms with Gasteiger partial charge in [0.25, 0.3) is 10.1 Å². The lowest BCUT2D eigenvalue weighted by Crippen LogP contribution is -2.61. The summed E-state index contributed by atoms with van der Waals surface area (Å²) in [6.45, 7) is 8.13. The van der Waals surface area contributed by atoms with Crippen LogP contribution in [0.25, 0.3) is 0 Å². The Kier molecular flexibility index (Phi) is 7.23. The van der Waals surface area contributed by atoms with Crippen LogP contribution < -0.4 is 0 Å². The predicted octanol–water partition coefficient (Wildman–Crippen LogP) is 2.66. The molecular formula is C15H28O7S. The first-order chi connectivity index (χ1) is 10.2. The third-order valence-corrected chi connectivity index (χ3v) is 6.14. The number of hydrogen-bond donors (Lipinski definition) is 3. The van der Waals surface area contributed by atoms with Crippen molar-refractivity contribution in [3.63, 3.8) is 0 Å². The zero-order valence-corrected chi connectivity index (χ0v) is 15.2. The van der Waals surface area contributed by atoms with Gasteiger partial charge in [-0.25, -0.2) is 0 Å². The Hall–Kier alpha value is -1.15. The number of carboxylic acid groups (broad SMARTS) is 2. The Balaban J connectivity index is 6.34. The van der Waals surface area contributed by atoms with Crippen molar-refractivity contribution in [1.29, 1.82) is 0 Å². The average molecular weight is 352 g/mol. The fourth-order valence-corrected chi connectivity index (χ4v) is 3.66. The van der Waals surface area contributed by atoms with Gasteiger partial charge in [-0.15, -0.1) is 0 Å². The van der Waals surface area contributed by atoms with Crippen LogP contribution in [0.15, 0.2) is 0 Å². The molecule has 0 aliphatic rings. The summed E-state index contributed by atoms with van der Waals surface area (Å²) in [6, 6.07) is 0. The van der Waals surface area contributed by atoms with E-state index in [1.54, 1.807) is 0 Å². The molecule has 0 heterocycles. The summed E-state index contributed by atoms with van der Waals surface area (Å²) in [7, 11) is -5.14. The molecule has 0 saturated carbocycles. The minimum atomic E-state index is -5.14. The van der Waals surface area contributed by atoms with Crippen LogP contribution >= 0.6 is 0 Å². The van der Waals surface area contributed by atoms with Gasteiger partial charge in [0.2, 0.25) is 4.75 Å². The van der Waals surface area contributed by atoms with Gasteiger partial charge in [0.1, 0.15) is 5.41 Å². The van der Waals surface area contributed by atoms with E-state index in [0.717, 1.165) is 6.92 Å². The second-order valence-corrected chi connectivity index (χ2v) is 8.83. The fourth-order valence-electron chi connectivity index (χ4n) is 2.65. The Labute approximate surface area is 137 Å². The molecule has 0 saturated heterocycles. The molecule has 0 aromatic heterocycles. The maximum absolute atomic E-state index is 12.0. The lowest BCUT2D eigenvalue weighted by Gasteiger charge is -2.41. The molecule has 0 bridgehead atoms. The molecule has 0 aromatic rings. The van der Waals surface area contributed by atoms with Crippen molar-refractivity contribution in [1.82, 2.24) is 0 Å². The van der Waals surface area contributed by atoms with Gasteiger partial charge in [0.15, 0.2) is 0 Å². The van der Waals surface area contributed by atoms with Gasteiger partial charge < -0.3 is 10.2 Å². The second kappa shape index (κ2) is 7.61. The summed E-state index contributed by atoms with van der Waals surface area (Å²) >= 11 is 0. The highest BCUT2D eigenvalue weighted by Crippen LogP contribution is 2.47. The molecule has 1 unspecified atom stereocenters. The van der Waals surface area contributed by atoms with Crippen LogP contribution in [0.2, 0.25) is 0 Å². The highest BCUT2D eigenvalue weighted by molar-refractivity contribution is 7.88. The monoisotopic (exact) mass is 352 g/mol. The van der Waals surface area contributed by atoms with E-state index in [1.165, 1.54) is 0 Å². The van der Waals surface area contributed by atoms with E-state index in [-0.39, 0.29) is 24.7 Å². The van der Waals surface area contributed by atoms with Gasteiger partial charge in [-0.1, -0.05) is 27.7 Å². The van der Waals surface area contributed by atoms with Gasteiger partial charge >= 0.3 is 11.9 Å². The second-order valence-electron chi connectivity index (χ2n) is 7.07. The van der Waals surface area contributed by atoms with Crippen molar-refractivity contribution in [2.45, 2.75) is 65.0 Å². The summed E-state index contributed by atoms with van der Waals surface area (Å²) in [5.74, 6) is -3.24. The standard InChI is InChI=1S/C15H28O7S/c1-10(2)6-8-15(13(18)19,9-7-11(3)4)14(5,12(16)17)23(20,21)22/h10-11H,6-9H2,1-5H3,(H,16,17)(H,18,19)(H,20,21,22). The van der Waals surface area contributed by atoms with E-state index in [1.807, 2.05) is 27.7 Å². The van der Waals surface area contributed by atoms with Crippen LogP contribution in [0.5, 0.6) is 0 Å². The Morgan fingerprint density at radius 2 is 1.26 bits per heavy atom. The van der Waals surface area contributed by atoms with Gasteiger partial charge in [0.05, 0.1) is 0 Å². The topological polar surface area (TPSA) is 129 Å². The largest absolute Gasteiger partial charge is 0.481 e. The van der Waals surface area contributed by atoms with E-state index in [4.69, 9.17) is 0 Å². The van der Waals surface area contributed by atoms with Gasteiger partial charge in [-0.05, 0) is 44.4 Å². The van der Waals surface area contributed by atoms with E-state index in [0.29, 0.717) is 12.8 Å². The minimum Gasteiger partial charge on any atom is -0.481 e. The Morgan fingerprint density at radius 3 is 1.43 bits per heavy atom. The summed E-state index contributed by atoms with van der Waals surface area (Å²) in [5, 5.41) is 19.2. The molecule has 0 amide bonds. The molecular weight excluding hydrogens is 324 g/mol. The van der Waals surface area contributed by atoms with Crippen molar-refractivity contribution < 1.29 is 32.8 Å². The quantitative estimate of drug-likeness (QED) is 0.515. The first kappa shape index (κ1) is 21.9. The van der Waals surface area contributed by atoms with Gasteiger partial charge in [-0.2, -0.15) is 8.42 Å². The molecule has 3 N–H and O–H groups in total. The summed E-state index contributed by atoms with van der Waals surface area (Å²) in [4.78, 5) is 23.7. The zero-order chi connectivity index (χ0) is 18.6. The molecule has 1 atom stereocenters. The van der Waals surface area contributed by atoms with Crippen LogP contribution in [0.1, 0.15) is 60.3 Å². The average Bonchev–Trinajstić information content (AvgIpc) is 2.35. The Morgan fingerprint density at radius 1 is 0.913 bits per heavy atom. The third-order valence-electron chi connectivity index (χ3n) is 4.54. The molecule has 0 radical (unpaired) electrons. The molecule has 0 aliphatic heterocycles. The van der Waals surface area contributed by atoms with E-state index in [2.05, 4.69) is 0 Å². The first-order valence-electron chi connectivity index (χ1n) is 7.66. The third kappa shape index (κ3) is 4.44. The predicted molar refractivity (Wildman–Crippen MR) is 85.8 cm³/mol. The molecule has 0 fully saturated rings. The normalized spacial score (nSPS) is 15.7. The maximum atomic E-state index is 12.0.